The molecule has 3 N–H and O–H groups in total. The summed E-state index contributed by atoms with van der Waals surface area (Å²) in [4.78, 5) is 3.43. The van der Waals surface area contributed by atoms with Crippen LogP contribution in [0.5, 0.6) is 5.88 Å². The molecule has 0 unspecified atom stereocenters. The molecule has 0 amide bonds. The summed E-state index contributed by atoms with van der Waals surface area (Å²) in [5.74, 6) is -0.217. The van der Waals surface area contributed by atoms with Crippen molar-refractivity contribution in [3.8, 4) is 5.88 Å². The monoisotopic (exact) mass is 141 g/mol. The minimum Gasteiger partial charge on any atom is -0.493 e. The van der Waals surface area contributed by atoms with Crippen molar-refractivity contribution in [2.24, 2.45) is 0 Å². The first-order chi connectivity index (χ1) is 4.70. The summed E-state index contributed by atoms with van der Waals surface area (Å²) in [7, 11) is 0. The van der Waals surface area contributed by atoms with Gasteiger partial charge >= 0.3 is 0 Å². The molecule has 1 rings (SSSR count). The molecule has 54 valence electrons. The molecule has 0 aromatic carbocycles. The van der Waals surface area contributed by atoms with Crippen molar-refractivity contribution in [2.75, 3.05) is 0 Å². The SMILES string of the molecule is Oc1cccc(C(O)O)n1. The van der Waals surface area contributed by atoms with Gasteiger partial charge in [-0.2, -0.15) is 0 Å². The quantitative estimate of drug-likeness (QED) is 0.472. The lowest BCUT2D eigenvalue weighted by molar-refractivity contribution is -0.0461. The number of rotatable bonds is 1. The predicted molar refractivity (Wildman–Crippen MR) is 33.1 cm³/mol. The summed E-state index contributed by atoms with van der Waals surface area (Å²) in [5, 5.41) is 25.8. The van der Waals surface area contributed by atoms with E-state index in [9.17, 15) is 0 Å². The van der Waals surface area contributed by atoms with Gasteiger partial charge in [0.05, 0.1) is 5.69 Å². The maximum atomic E-state index is 8.73. The van der Waals surface area contributed by atoms with E-state index in [4.69, 9.17) is 15.3 Å². The van der Waals surface area contributed by atoms with Gasteiger partial charge in [0, 0.05) is 6.07 Å². The van der Waals surface area contributed by atoms with Crippen LogP contribution in [0.4, 0.5) is 0 Å². The fourth-order valence-electron chi connectivity index (χ4n) is 0.583. The minimum absolute atomic E-state index is 0.0417. The second-order valence-corrected chi connectivity index (χ2v) is 1.79. The Morgan fingerprint density at radius 1 is 1.30 bits per heavy atom. The molecule has 0 atom stereocenters. The van der Waals surface area contributed by atoms with Crippen LogP contribution in [0.1, 0.15) is 12.0 Å². The number of aromatic nitrogens is 1. The molecule has 0 radical (unpaired) electrons. The van der Waals surface area contributed by atoms with E-state index in [1.54, 1.807) is 0 Å². The minimum atomic E-state index is -1.62. The third kappa shape index (κ3) is 1.43. The van der Waals surface area contributed by atoms with Gasteiger partial charge in [-0.25, -0.2) is 4.98 Å². The van der Waals surface area contributed by atoms with E-state index in [0.29, 0.717) is 0 Å². The first kappa shape index (κ1) is 6.98. The molecule has 4 heteroatoms. The Morgan fingerprint density at radius 3 is 2.40 bits per heavy atom. The van der Waals surface area contributed by atoms with Gasteiger partial charge in [-0.1, -0.05) is 6.07 Å². The van der Waals surface area contributed by atoms with E-state index < -0.39 is 6.29 Å². The fraction of sp³-hybridized carbons (Fsp3) is 0.167. The lowest BCUT2D eigenvalue weighted by atomic mass is 10.3. The number of hydrogen-bond donors (Lipinski definition) is 3. The standard InChI is InChI=1S/C6H7NO3/c8-5-3-1-2-4(7-5)6(9)10/h1-3,6,9-10H,(H,7,8). The van der Waals surface area contributed by atoms with Crippen LogP contribution >= 0.6 is 0 Å². The zero-order valence-corrected chi connectivity index (χ0v) is 5.10. The topological polar surface area (TPSA) is 73.6 Å². The Kier molecular flexibility index (Phi) is 1.84. The molecular formula is C6H7NO3. The van der Waals surface area contributed by atoms with E-state index in [-0.39, 0.29) is 11.6 Å². The zero-order valence-electron chi connectivity index (χ0n) is 5.10. The van der Waals surface area contributed by atoms with Crippen molar-refractivity contribution < 1.29 is 15.3 Å². The molecule has 0 aliphatic rings. The lowest BCUT2D eigenvalue weighted by Crippen LogP contribution is -1.97. The van der Waals surface area contributed by atoms with Crippen molar-refractivity contribution >= 4 is 0 Å². The second-order valence-electron chi connectivity index (χ2n) is 1.79. The van der Waals surface area contributed by atoms with E-state index in [1.165, 1.54) is 18.2 Å². The van der Waals surface area contributed by atoms with Crippen molar-refractivity contribution in [3.05, 3.63) is 23.9 Å². The summed E-state index contributed by atoms with van der Waals surface area (Å²) in [5.41, 5.74) is 0.0417. The van der Waals surface area contributed by atoms with Gasteiger partial charge in [-0.3, -0.25) is 0 Å². The summed E-state index contributed by atoms with van der Waals surface area (Å²) in [6.07, 6.45) is -1.62. The van der Waals surface area contributed by atoms with Gasteiger partial charge < -0.3 is 15.3 Å². The maximum Gasteiger partial charge on any atom is 0.211 e. The lowest BCUT2D eigenvalue weighted by Gasteiger charge is -2.00. The van der Waals surface area contributed by atoms with Crippen LogP contribution in [0.15, 0.2) is 18.2 Å². The molecular weight excluding hydrogens is 134 g/mol. The van der Waals surface area contributed by atoms with E-state index in [0.717, 1.165) is 0 Å². The Morgan fingerprint density at radius 2 is 2.00 bits per heavy atom. The molecule has 0 spiro atoms. The number of hydrogen-bond acceptors (Lipinski definition) is 4. The molecule has 0 aliphatic carbocycles. The van der Waals surface area contributed by atoms with E-state index in [1.807, 2.05) is 0 Å². The summed E-state index contributed by atoms with van der Waals surface area (Å²) in [6.45, 7) is 0. The Labute approximate surface area is 57.4 Å². The van der Waals surface area contributed by atoms with Crippen molar-refractivity contribution in [2.45, 2.75) is 6.29 Å². The Balaban J connectivity index is 2.96. The number of pyridine rings is 1. The predicted octanol–water partition coefficient (Wildman–Crippen LogP) is -0.230. The van der Waals surface area contributed by atoms with Crippen LogP contribution in [0.3, 0.4) is 0 Å². The van der Waals surface area contributed by atoms with Crippen molar-refractivity contribution in [1.29, 1.82) is 0 Å². The molecule has 0 bridgehead atoms. The molecule has 1 heterocycles. The van der Waals surface area contributed by atoms with Gasteiger partial charge in [0.25, 0.3) is 0 Å². The van der Waals surface area contributed by atoms with Crippen LogP contribution in [-0.2, 0) is 0 Å². The first-order valence-electron chi connectivity index (χ1n) is 2.72. The number of nitrogens with zero attached hydrogens (tertiary/aromatic N) is 1. The van der Waals surface area contributed by atoms with Crippen LogP contribution in [0.2, 0.25) is 0 Å². The summed E-state index contributed by atoms with van der Waals surface area (Å²) < 4.78 is 0. The van der Waals surface area contributed by atoms with Gasteiger partial charge in [-0.15, -0.1) is 0 Å². The number of aromatic hydroxyl groups is 1. The van der Waals surface area contributed by atoms with Crippen LogP contribution < -0.4 is 0 Å². The normalized spacial score (nSPS) is 10.3. The molecule has 0 fully saturated rings. The highest BCUT2D eigenvalue weighted by atomic mass is 16.5. The average Bonchev–Trinajstić information content (AvgIpc) is 1.88. The smallest absolute Gasteiger partial charge is 0.211 e. The molecule has 0 aliphatic heterocycles. The van der Waals surface area contributed by atoms with Gasteiger partial charge in [0.2, 0.25) is 5.88 Å². The van der Waals surface area contributed by atoms with E-state index in [2.05, 4.69) is 4.98 Å². The first-order valence-corrected chi connectivity index (χ1v) is 2.72. The molecule has 0 saturated carbocycles. The average molecular weight is 141 g/mol. The van der Waals surface area contributed by atoms with Crippen LogP contribution in [0.25, 0.3) is 0 Å². The highest BCUT2D eigenvalue weighted by molar-refractivity contribution is 5.14. The highest BCUT2D eigenvalue weighted by Crippen LogP contribution is 2.09. The summed E-state index contributed by atoms with van der Waals surface area (Å²) in [6, 6.07) is 4.24. The van der Waals surface area contributed by atoms with Gasteiger partial charge in [0.15, 0.2) is 6.29 Å². The molecule has 4 nitrogen and oxygen atoms in total. The van der Waals surface area contributed by atoms with Crippen LogP contribution in [-0.4, -0.2) is 20.3 Å². The fourth-order valence-corrected chi connectivity index (χ4v) is 0.583. The molecule has 0 saturated heterocycles. The third-order valence-electron chi connectivity index (χ3n) is 1.02. The second kappa shape index (κ2) is 2.64. The van der Waals surface area contributed by atoms with Gasteiger partial charge in [-0.05, 0) is 6.07 Å². The zero-order chi connectivity index (χ0) is 7.56. The molecule has 10 heavy (non-hydrogen) atoms. The number of aliphatic hydroxyl groups is 2. The molecule has 1 aromatic rings. The van der Waals surface area contributed by atoms with Crippen LogP contribution in [0, 0.1) is 0 Å². The number of aliphatic hydroxyl groups excluding tert-OH is 1. The molecule has 1 aromatic heterocycles. The van der Waals surface area contributed by atoms with Crippen molar-refractivity contribution in [3.63, 3.8) is 0 Å². The largest absolute Gasteiger partial charge is 0.493 e. The van der Waals surface area contributed by atoms with Crippen molar-refractivity contribution in [1.82, 2.24) is 4.98 Å². The third-order valence-corrected chi connectivity index (χ3v) is 1.02. The summed E-state index contributed by atoms with van der Waals surface area (Å²) >= 11 is 0. The Hall–Kier alpha value is -1.13. The Bertz CT molecular complexity index is 224. The highest BCUT2D eigenvalue weighted by Gasteiger charge is 2.02. The van der Waals surface area contributed by atoms with E-state index >= 15 is 0 Å². The maximum absolute atomic E-state index is 8.73. The van der Waals surface area contributed by atoms with Gasteiger partial charge in [0.1, 0.15) is 0 Å².